The number of aromatic amines is 1. The molecule has 144 valence electrons. The van der Waals surface area contributed by atoms with E-state index >= 15 is 0 Å². The zero-order valence-electron chi connectivity index (χ0n) is 15.8. The quantitative estimate of drug-likeness (QED) is 0.691. The highest BCUT2D eigenvalue weighted by atomic mass is 16.4. The molecule has 1 aromatic heterocycles. The van der Waals surface area contributed by atoms with Crippen LogP contribution in [0.15, 0.2) is 66.9 Å². The van der Waals surface area contributed by atoms with Gasteiger partial charge in [0, 0.05) is 55.4 Å². The first-order valence-corrected chi connectivity index (χ1v) is 9.69. The van der Waals surface area contributed by atoms with E-state index in [0.717, 1.165) is 49.2 Å². The van der Waals surface area contributed by atoms with Crippen LogP contribution < -0.4 is 0 Å². The summed E-state index contributed by atoms with van der Waals surface area (Å²) in [7, 11) is 0. The number of para-hydroxylation sites is 1. The van der Waals surface area contributed by atoms with Gasteiger partial charge in [0.1, 0.15) is 6.04 Å². The Morgan fingerprint density at radius 2 is 1.75 bits per heavy atom. The lowest BCUT2D eigenvalue weighted by Gasteiger charge is -2.37. The molecular weight excluding hydrogens is 350 g/mol. The van der Waals surface area contributed by atoms with Gasteiger partial charge in [-0.15, -0.1) is 0 Å². The molecule has 1 aliphatic rings. The number of nitrogens with zero attached hydrogens (tertiary/aromatic N) is 2. The molecular formula is C23H25N3O2. The Morgan fingerprint density at radius 3 is 2.50 bits per heavy atom. The molecule has 1 fully saturated rings. The van der Waals surface area contributed by atoms with Crippen molar-refractivity contribution in [3.8, 4) is 0 Å². The fourth-order valence-corrected chi connectivity index (χ4v) is 3.91. The number of carboxylic acids is 1. The SMILES string of the molecule is O=C(O)C(c1c[nH]c2ccccc12)N1CCN(CC=Cc2ccccc2)CC1. The lowest BCUT2D eigenvalue weighted by molar-refractivity contribution is -0.144. The van der Waals surface area contributed by atoms with Crippen molar-refractivity contribution in [2.24, 2.45) is 0 Å². The number of piperazine rings is 1. The molecule has 0 spiro atoms. The van der Waals surface area contributed by atoms with Gasteiger partial charge in [-0.1, -0.05) is 60.7 Å². The van der Waals surface area contributed by atoms with Crippen LogP contribution in [0.2, 0.25) is 0 Å². The summed E-state index contributed by atoms with van der Waals surface area (Å²) in [6.45, 7) is 4.11. The second-order valence-corrected chi connectivity index (χ2v) is 7.18. The molecule has 2 aromatic carbocycles. The van der Waals surface area contributed by atoms with Crippen LogP contribution in [0.5, 0.6) is 0 Å². The van der Waals surface area contributed by atoms with Crippen molar-refractivity contribution in [1.29, 1.82) is 0 Å². The first kappa shape index (κ1) is 18.5. The number of fused-ring (bicyclic) bond motifs is 1. The third kappa shape index (κ3) is 4.01. The van der Waals surface area contributed by atoms with E-state index in [0.29, 0.717) is 0 Å². The number of aliphatic carboxylic acids is 1. The average Bonchev–Trinajstić information content (AvgIpc) is 3.14. The third-order valence-corrected chi connectivity index (χ3v) is 5.40. The fraction of sp³-hybridized carbons (Fsp3) is 0.261. The van der Waals surface area contributed by atoms with Crippen molar-refractivity contribution in [3.05, 3.63) is 78.0 Å². The third-order valence-electron chi connectivity index (χ3n) is 5.40. The molecule has 3 aromatic rings. The fourth-order valence-electron chi connectivity index (χ4n) is 3.91. The van der Waals surface area contributed by atoms with Gasteiger partial charge in [0.05, 0.1) is 0 Å². The maximum atomic E-state index is 12.1. The van der Waals surface area contributed by atoms with Crippen molar-refractivity contribution in [2.75, 3.05) is 32.7 Å². The summed E-state index contributed by atoms with van der Waals surface area (Å²) in [4.78, 5) is 19.7. The topological polar surface area (TPSA) is 59.6 Å². The van der Waals surface area contributed by atoms with E-state index in [1.165, 1.54) is 5.56 Å². The van der Waals surface area contributed by atoms with Crippen LogP contribution in [0.3, 0.4) is 0 Å². The Hall–Kier alpha value is -2.89. The molecule has 5 heteroatoms. The molecule has 1 aliphatic heterocycles. The predicted molar refractivity (Wildman–Crippen MR) is 112 cm³/mol. The van der Waals surface area contributed by atoms with Crippen LogP contribution in [0.25, 0.3) is 17.0 Å². The maximum absolute atomic E-state index is 12.1. The second-order valence-electron chi connectivity index (χ2n) is 7.18. The van der Waals surface area contributed by atoms with E-state index in [-0.39, 0.29) is 0 Å². The van der Waals surface area contributed by atoms with Crippen LogP contribution in [-0.4, -0.2) is 58.6 Å². The molecule has 1 atom stereocenters. The largest absolute Gasteiger partial charge is 0.480 e. The van der Waals surface area contributed by atoms with Gasteiger partial charge in [0.15, 0.2) is 0 Å². The van der Waals surface area contributed by atoms with E-state index in [4.69, 9.17) is 0 Å². The first-order valence-electron chi connectivity index (χ1n) is 9.69. The number of rotatable bonds is 6. The van der Waals surface area contributed by atoms with Gasteiger partial charge >= 0.3 is 5.97 Å². The summed E-state index contributed by atoms with van der Waals surface area (Å²) in [6, 6.07) is 17.5. The molecule has 2 heterocycles. The Bertz CT molecular complexity index is 956. The van der Waals surface area contributed by atoms with E-state index in [1.807, 2.05) is 48.7 Å². The number of carboxylic acid groups (broad SMARTS) is 1. The standard InChI is InChI=1S/C23H25N3O2/c27-23(28)22(20-17-24-21-11-5-4-10-19(20)21)26-15-13-25(14-16-26)12-6-9-18-7-2-1-3-8-18/h1-11,17,22,24H,12-16H2,(H,27,28). The zero-order valence-corrected chi connectivity index (χ0v) is 15.8. The molecule has 1 unspecified atom stereocenters. The number of hydrogen-bond donors (Lipinski definition) is 2. The molecule has 28 heavy (non-hydrogen) atoms. The molecule has 0 amide bonds. The number of carbonyl (C=O) groups is 1. The van der Waals surface area contributed by atoms with Crippen LogP contribution in [-0.2, 0) is 4.79 Å². The van der Waals surface area contributed by atoms with Crippen LogP contribution >= 0.6 is 0 Å². The molecule has 0 radical (unpaired) electrons. The highest BCUT2D eigenvalue weighted by molar-refractivity contribution is 5.89. The monoisotopic (exact) mass is 375 g/mol. The van der Waals surface area contributed by atoms with Gasteiger partial charge in [-0.2, -0.15) is 0 Å². The highest BCUT2D eigenvalue weighted by Gasteiger charge is 2.31. The number of aromatic nitrogens is 1. The molecule has 0 bridgehead atoms. The summed E-state index contributed by atoms with van der Waals surface area (Å²) in [6.07, 6.45) is 6.16. The lowest BCUT2D eigenvalue weighted by atomic mass is 10.0. The lowest BCUT2D eigenvalue weighted by Crippen LogP contribution is -2.49. The molecule has 0 aliphatic carbocycles. The molecule has 0 saturated carbocycles. The minimum Gasteiger partial charge on any atom is -0.480 e. The Labute approximate surface area is 164 Å². The van der Waals surface area contributed by atoms with Crippen molar-refractivity contribution in [1.82, 2.24) is 14.8 Å². The van der Waals surface area contributed by atoms with E-state index < -0.39 is 12.0 Å². The van der Waals surface area contributed by atoms with E-state index in [2.05, 4.69) is 39.1 Å². The smallest absolute Gasteiger partial charge is 0.325 e. The van der Waals surface area contributed by atoms with Gasteiger partial charge in [0.2, 0.25) is 0 Å². The van der Waals surface area contributed by atoms with E-state index in [9.17, 15) is 9.90 Å². The highest BCUT2D eigenvalue weighted by Crippen LogP contribution is 2.29. The Morgan fingerprint density at radius 1 is 1.04 bits per heavy atom. The Balaban J connectivity index is 1.40. The predicted octanol–water partition coefficient (Wildman–Crippen LogP) is 3.62. The summed E-state index contributed by atoms with van der Waals surface area (Å²) < 4.78 is 0. The van der Waals surface area contributed by atoms with Crippen molar-refractivity contribution >= 4 is 22.9 Å². The van der Waals surface area contributed by atoms with E-state index in [1.54, 1.807) is 0 Å². The summed E-state index contributed by atoms with van der Waals surface area (Å²) in [5.74, 6) is -0.790. The Kier molecular flexibility index (Phi) is 5.55. The summed E-state index contributed by atoms with van der Waals surface area (Å²) in [5, 5.41) is 10.9. The number of hydrogen-bond acceptors (Lipinski definition) is 3. The molecule has 4 rings (SSSR count). The zero-order chi connectivity index (χ0) is 19.3. The molecule has 5 nitrogen and oxygen atoms in total. The summed E-state index contributed by atoms with van der Waals surface area (Å²) >= 11 is 0. The van der Waals surface area contributed by atoms with Crippen molar-refractivity contribution < 1.29 is 9.90 Å². The minimum absolute atomic E-state index is 0.613. The van der Waals surface area contributed by atoms with Gasteiger partial charge in [0.25, 0.3) is 0 Å². The van der Waals surface area contributed by atoms with Gasteiger partial charge in [-0.05, 0) is 11.6 Å². The first-order chi connectivity index (χ1) is 13.7. The molecule has 2 N–H and O–H groups in total. The van der Waals surface area contributed by atoms with Gasteiger partial charge in [-0.25, -0.2) is 0 Å². The summed E-state index contributed by atoms with van der Waals surface area (Å²) in [5.41, 5.74) is 3.03. The normalized spacial score (nSPS) is 17.3. The van der Waals surface area contributed by atoms with Crippen molar-refractivity contribution in [3.63, 3.8) is 0 Å². The molecule has 1 saturated heterocycles. The average molecular weight is 375 g/mol. The maximum Gasteiger partial charge on any atom is 0.325 e. The van der Waals surface area contributed by atoms with Crippen molar-refractivity contribution in [2.45, 2.75) is 6.04 Å². The second kappa shape index (κ2) is 8.42. The van der Waals surface area contributed by atoms with Crippen LogP contribution in [0.4, 0.5) is 0 Å². The van der Waals surface area contributed by atoms with Gasteiger partial charge < -0.3 is 10.1 Å². The van der Waals surface area contributed by atoms with Gasteiger partial charge in [-0.3, -0.25) is 14.6 Å². The number of H-pyrrole nitrogens is 1. The van der Waals surface area contributed by atoms with Crippen LogP contribution in [0, 0.1) is 0 Å². The number of benzene rings is 2. The minimum atomic E-state index is -0.790. The van der Waals surface area contributed by atoms with Crippen LogP contribution in [0.1, 0.15) is 17.2 Å². The number of nitrogens with one attached hydrogen (secondary N) is 1.